The highest BCUT2D eigenvalue weighted by molar-refractivity contribution is 6.08. The molecular weight excluding hydrogens is 356 g/mol. The zero-order valence-corrected chi connectivity index (χ0v) is 15.9. The van der Waals surface area contributed by atoms with Gasteiger partial charge in [0.05, 0.1) is 6.54 Å². The molecule has 1 aromatic carbocycles. The number of hydrogen-bond donors (Lipinski definition) is 2. The summed E-state index contributed by atoms with van der Waals surface area (Å²) in [5.74, 6) is -0.664. The number of amides is 4. The lowest BCUT2D eigenvalue weighted by atomic mass is 9.82. The summed E-state index contributed by atoms with van der Waals surface area (Å²) in [4.78, 5) is 39.4. The maximum Gasteiger partial charge on any atom is 0.344 e. The van der Waals surface area contributed by atoms with Crippen molar-refractivity contribution < 1.29 is 14.4 Å². The summed E-state index contributed by atoms with van der Waals surface area (Å²) >= 11 is 0. The van der Waals surface area contributed by atoms with Crippen LogP contribution in [0.25, 0.3) is 5.57 Å². The summed E-state index contributed by atoms with van der Waals surface area (Å²) in [5, 5.41) is 3.68. The van der Waals surface area contributed by atoms with Crippen LogP contribution in [0, 0.1) is 0 Å². The van der Waals surface area contributed by atoms with Gasteiger partial charge in [-0.1, -0.05) is 55.7 Å². The zero-order valence-electron chi connectivity index (χ0n) is 15.9. The number of urea groups is 1. The maximum atomic E-state index is 12.7. The van der Waals surface area contributed by atoms with E-state index in [4.69, 9.17) is 0 Å². The van der Waals surface area contributed by atoms with E-state index in [1.807, 2.05) is 23.1 Å². The van der Waals surface area contributed by atoms with Gasteiger partial charge < -0.3 is 5.32 Å². The molecule has 148 valence electrons. The fourth-order valence-corrected chi connectivity index (χ4v) is 4.35. The number of imide groups is 1. The number of hydrazine groups is 1. The Morgan fingerprint density at radius 2 is 1.86 bits per heavy atom. The molecule has 1 aromatic rings. The first-order valence-electron chi connectivity index (χ1n) is 10.0. The van der Waals surface area contributed by atoms with Crippen molar-refractivity contribution in [1.82, 2.24) is 20.7 Å². The van der Waals surface area contributed by atoms with Crippen molar-refractivity contribution >= 4 is 23.4 Å². The summed E-state index contributed by atoms with van der Waals surface area (Å²) in [7, 11) is 0. The normalized spacial score (nSPS) is 22.1. The topological polar surface area (TPSA) is 81.8 Å². The van der Waals surface area contributed by atoms with E-state index in [1.165, 1.54) is 11.1 Å². The molecule has 2 fully saturated rings. The summed E-state index contributed by atoms with van der Waals surface area (Å²) in [6.07, 6.45) is 7.19. The van der Waals surface area contributed by atoms with E-state index in [1.54, 1.807) is 0 Å². The number of nitrogens with one attached hydrogen (secondary N) is 2. The van der Waals surface area contributed by atoms with Gasteiger partial charge in [-0.2, -0.15) is 5.01 Å². The molecule has 1 saturated heterocycles. The van der Waals surface area contributed by atoms with Crippen LogP contribution >= 0.6 is 0 Å². The van der Waals surface area contributed by atoms with Crippen molar-refractivity contribution in [3.05, 3.63) is 42.0 Å². The summed E-state index contributed by atoms with van der Waals surface area (Å²) < 4.78 is 0. The lowest BCUT2D eigenvalue weighted by molar-refractivity contribution is -0.140. The smallest absolute Gasteiger partial charge is 0.322 e. The Morgan fingerprint density at radius 1 is 1.11 bits per heavy atom. The Morgan fingerprint density at radius 3 is 2.54 bits per heavy atom. The van der Waals surface area contributed by atoms with Crippen LogP contribution in [0.15, 0.2) is 36.4 Å². The number of benzene rings is 1. The van der Waals surface area contributed by atoms with E-state index in [2.05, 4.69) is 29.0 Å². The van der Waals surface area contributed by atoms with Crippen LogP contribution in [0.3, 0.4) is 0 Å². The van der Waals surface area contributed by atoms with Gasteiger partial charge in [-0.15, -0.1) is 0 Å². The first-order valence-corrected chi connectivity index (χ1v) is 10.0. The number of nitrogens with zero attached hydrogens (tertiary/aromatic N) is 2. The molecule has 3 aliphatic rings. The van der Waals surface area contributed by atoms with Gasteiger partial charge in [0.15, 0.2) is 0 Å². The van der Waals surface area contributed by atoms with Crippen molar-refractivity contribution in [1.29, 1.82) is 0 Å². The minimum absolute atomic E-state index is 0.155. The zero-order chi connectivity index (χ0) is 19.6. The average molecular weight is 382 g/mol. The van der Waals surface area contributed by atoms with Crippen LogP contribution in [0.1, 0.15) is 44.1 Å². The fourth-order valence-electron chi connectivity index (χ4n) is 4.35. The van der Waals surface area contributed by atoms with Gasteiger partial charge in [0.2, 0.25) is 0 Å². The van der Waals surface area contributed by atoms with E-state index < -0.39 is 11.6 Å². The standard InChI is InChI=1S/C21H26N4O3/c26-18(15-24-13-9-17(10-14-24)16-7-3-1-4-8-16)23-25-19(27)21(22-20(25)28)11-5-2-6-12-21/h1,3-4,7-9H,2,5-6,10-15H2,(H,22,28)(H,23,26). The molecule has 1 spiro atoms. The second kappa shape index (κ2) is 7.75. The van der Waals surface area contributed by atoms with Gasteiger partial charge >= 0.3 is 6.03 Å². The molecule has 1 aliphatic carbocycles. The molecule has 4 rings (SSSR count). The molecule has 0 aromatic heterocycles. The Hall–Kier alpha value is -2.67. The number of carbonyl (C=O) groups is 3. The second-order valence-corrected chi connectivity index (χ2v) is 7.83. The first kappa shape index (κ1) is 18.7. The predicted octanol–water partition coefficient (Wildman–Crippen LogP) is 2.06. The largest absolute Gasteiger partial charge is 0.344 e. The van der Waals surface area contributed by atoms with Gasteiger partial charge in [-0.25, -0.2) is 4.79 Å². The quantitative estimate of drug-likeness (QED) is 0.781. The van der Waals surface area contributed by atoms with Gasteiger partial charge in [-0.3, -0.25) is 19.9 Å². The van der Waals surface area contributed by atoms with Gasteiger partial charge in [0.1, 0.15) is 5.54 Å². The van der Waals surface area contributed by atoms with E-state index >= 15 is 0 Å². The molecule has 28 heavy (non-hydrogen) atoms. The Kier molecular flexibility index (Phi) is 5.17. The maximum absolute atomic E-state index is 12.7. The van der Waals surface area contributed by atoms with Crippen LogP contribution in [0.5, 0.6) is 0 Å². The molecule has 7 heteroatoms. The molecule has 0 unspecified atom stereocenters. The molecule has 0 bridgehead atoms. The SMILES string of the molecule is O=C(CN1CC=C(c2ccccc2)CC1)NN1C(=O)NC2(CCCCC2)C1=O. The molecule has 4 amide bonds. The third-order valence-corrected chi connectivity index (χ3v) is 5.91. The Labute approximate surface area is 164 Å². The van der Waals surface area contributed by atoms with Crippen molar-refractivity contribution in [2.75, 3.05) is 19.6 Å². The highest BCUT2D eigenvalue weighted by atomic mass is 16.2. The molecule has 0 radical (unpaired) electrons. The van der Waals surface area contributed by atoms with Crippen molar-refractivity contribution in [2.24, 2.45) is 0 Å². The van der Waals surface area contributed by atoms with Gasteiger partial charge in [0.25, 0.3) is 11.8 Å². The average Bonchev–Trinajstić information content (AvgIpc) is 2.93. The van der Waals surface area contributed by atoms with E-state index in [0.717, 1.165) is 37.2 Å². The first-order chi connectivity index (χ1) is 13.6. The van der Waals surface area contributed by atoms with Crippen LogP contribution in [-0.4, -0.2) is 52.9 Å². The van der Waals surface area contributed by atoms with Crippen molar-refractivity contribution in [3.63, 3.8) is 0 Å². The minimum Gasteiger partial charge on any atom is -0.322 e. The third-order valence-electron chi connectivity index (χ3n) is 5.91. The minimum atomic E-state index is -0.818. The molecule has 0 atom stereocenters. The second-order valence-electron chi connectivity index (χ2n) is 7.83. The molecule has 2 N–H and O–H groups in total. The number of rotatable bonds is 4. The van der Waals surface area contributed by atoms with Crippen LogP contribution < -0.4 is 10.7 Å². The van der Waals surface area contributed by atoms with Crippen molar-refractivity contribution in [3.8, 4) is 0 Å². The summed E-state index contributed by atoms with van der Waals surface area (Å²) in [6, 6.07) is 9.70. The fraction of sp³-hybridized carbons (Fsp3) is 0.476. The highest BCUT2D eigenvalue weighted by Crippen LogP contribution is 2.33. The summed E-state index contributed by atoms with van der Waals surface area (Å²) in [6.45, 7) is 1.59. The highest BCUT2D eigenvalue weighted by Gasteiger charge is 2.52. The van der Waals surface area contributed by atoms with Gasteiger partial charge in [-0.05, 0) is 30.4 Å². The number of hydrogen-bond acceptors (Lipinski definition) is 4. The van der Waals surface area contributed by atoms with Crippen molar-refractivity contribution in [2.45, 2.75) is 44.1 Å². The molecule has 7 nitrogen and oxygen atoms in total. The van der Waals surface area contributed by atoms with E-state index in [-0.39, 0.29) is 18.4 Å². The third kappa shape index (κ3) is 3.67. The van der Waals surface area contributed by atoms with Crippen LogP contribution in [0.2, 0.25) is 0 Å². The lowest BCUT2D eigenvalue weighted by Gasteiger charge is -2.30. The van der Waals surface area contributed by atoms with Crippen LogP contribution in [0.4, 0.5) is 4.79 Å². The molecular formula is C21H26N4O3. The predicted molar refractivity (Wildman–Crippen MR) is 105 cm³/mol. The lowest BCUT2D eigenvalue weighted by Crippen LogP contribution is -2.52. The molecule has 2 aliphatic heterocycles. The molecule has 2 heterocycles. The Balaban J connectivity index is 1.32. The Bertz CT molecular complexity index is 799. The summed E-state index contributed by atoms with van der Waals surface area (Å²) in [5.41, 5.74) is 4.19. The van der Waals surface area contributed by atoms with E-state index in [0.29, 0.717) is 19.4 Å². The van der Waals surface area contributed by atoms with E-state index in [9.17, 15) is 14.4 Å². The van der Waals surface area contributed by atoms with Gasteiger partial charge in [0, 0.05) is 13.1 Å². The molecule has 1 saturated carbocycles. The van der Waals surface area contributed by atoms with Crippen LogP contribution in [-0.2, 0) is 9.59 Å². The monoisotopic (exact) mass is 382 g/mol. The number of carbonyl (C=O) groups excluding carboxylic acids is 3.